The van der Waals surface area contributed by atoms with Gasteiger partial charge in [0.05, 0.1) is 31.4 Å². The summed E-state index contributed by atoms with van der Waals surface area (Å²) in [6.07, 6.45) is 3.25. The van der Waals surface area contributed by atoms with Gasteiger partial charge in [-0.15, -0.1) is 0 Å². The molecule has 0 unspecified atom stereocenters. The fraction of sp³-hybridized carbons (Fsp3) is 0.111. The third-order valence-electron chi connectivity index (χ3n) is 5.71. The van der Waals surface area contributed by atoms with Gasteiger partial charge in [-0.1, -0.05) is 18.2 Å². The molecule has 2 N–H and O–H groups in total. The lowest BCUT2D eigenvalue weighted by Gasteiger charge is -2.14. The zero-order valence-electron chi connectivity index (χ0n) is 20.4. The average molecular weight is 532 g/mol. The van der Waals surface area contributed by atoms with Crippen LogP contribution in [0.1, 0.15) is 0 Å². The van der Waals surface area contributed by atoms with Crippen molar-refractivity contribution in [2.75, 3.05) is 19.5 Å². The Morgan fingerprint density at radius 3 is 2.58 bits per heavy atom. The summed E-state index contributed by atoms with van der Waals surface area (Å²) in [5.74, 6) is 0.412. The van der Waals surface area contributed by atoms with E-state index in [9.17, 15) is 9.18 Å². The van der Waals surface area contributed by atoms with E-state index < -0.39 is 5.82 Å². The summed E-state index contributed by atoms with van der Waals surface area (Å²) in [5, 5.41) is 11.2. The van der Waals surface area contributed by atoms with Gasteiger partial charge in [0.1, 0.15) is 12.3 Å². The van der Waals surface area contributed by atoms with Crippen molar-refractivity contribution in [3.63, 3.8) is 0 Å². The number of pyridine rings is 1. The maximum atomic E-state index is 14.9. The van der Waals surface area contributed by atoms with Crippen molar-refractivity contribution >= 4 is 50.7 Å². The molecule has 0 radical (unpaired) electrons. The highest BCUT2D eigenvalue weighted by Crippen LogP contribution is 2.37. The molecule has 0 fully saturated rings. The molecule has 0 atom stereocenters. The third-order valence-corrected chi connectivity index (χ3v) is 5.92. The number of rotatable bonds is 7. The number of carbonyl (C=O) groups is 1. The number of hydrogen-bond donors (Lipinski definition) is 2. The number of methoxy groups -OCH3 is 2. The SMILES string of the molecule is COc1cc2nccc(Oc3ccc(NC(=S)NC(=O)Cn4ncc5ccccc54)cc3F)c2cc1OC. The summed E-state index contributed by atoms with van der Waals surface area (Å²) in [7, 11) is 3.06. The number of hydrogen-bond acceptors (Lipinski definition) is 7. The number of ether oxygens (including phenoxy) is 3. The quantitative estimate of drug-likeness (QED) is 0.282. The molecule has 192 valence electrons. The molecule has 9 nitrogen and oxygen atoms in total. The fourth-order valence-electron chi connectivity index (χ4n) is 3.93. The van der Waals surface area contributed by atoms with E-state index in [-0.39, 0.29) is 23.3 Å². The minimum absolute atomic E-state index is 0.00153. The van der Waals surface area contributed by atoms with Gasteiger partial charge in [0, 0.05) is 34.8 Å². The van der Waals surface area contributed by atoms with Crippen molar-refractivity contribution in [1.29, 1.82) is 0 Å². The lowest BCUT2D eigenvalue weighted by atomic mass is 10.2. The molecule has 1 amide bonds. The highest BCUT2D eigenvalue weighted by Gasteiger charge is 2.14. The van der Waals surface area contributed by atoms with E-state index in [4.69, 9.17) is 26.4 Å². The van der Waals surface area contributed by atoms with Crippen LogP contribution in [-0.2, 0) is 11.3 Å². The summed E-state index contributed by atoms with van der Waals surface area (Å²) in [6, 6.07) is 16.9. The Labute approximate surface area is 222 Å². The molecular formula is C27H22FN5O4S. The fourth-order valence-corrected chi connectivity index (χ4v) is 4.16. The summed E-state index contributed by atoms with van der Waals surface area (Å²) in [4.78, 5) is 16.8. The van der Waals surface area contributed by atoms with Crippen molar-refractivity contribution in [2.45, 2.75) is 6.54 Å². The predicted octanol–water partition coefficient (Wildman–Crippen LogP) is 5.05. The Balaban J connectivity index is 1.26. The molecule has 11 heteroatoms. The van der Waals surface area contributed by atoms with Crippen molar-refractivity contribution in [1.82, 2.24) is 20.1 Å². The van der Waals surface area contributed by atoms with Crippen LogP contribution in [0.3, 0.4) is 0 Å². The summed E-state index contributed by atoms with van der Waals surface area (Å²) in [5.41, 5.74) is 1.78. The van der Waals surface area contributed by atoms with E-state index in [2.05, 4.69) is 20.7 Å². The van der Waals surface area contributed by atoms with Gasteiger partial charge in [0.2, 0.25) is 5.91 Å². The van der Waals surface area contributed by atoms with Crippen LogP contribution in [-0.4, -0.2) is 40.0 Å². The number of benzene rings is 3. The van der Waals surface area contributed by atoms with Crippen LogP contribution in [0.5, 0.6) is 23.0 Å². The van der Waals surface area contributed by atoms with Gasteiger partial charge in [0.25, 0.3) is 0 Å². The summed E-state index contributed by atoms with van der Waals surface area (Å²) >= 11 is 5.23. The molecule has 0 aliphatic heterocycles. The minimum Gasteiger partial charge on any atom is -0.493 e. The number of aromatic nitrogens is 3. The number of thiocarbonyl (C=S) groups is 1. The van der Waals surface area contributed by atoms with E-state index in [0.29, 0.717) is 33.8 Å². The second kappa shape index (κ2) is 10.7. The van der Waals surface area contributed by atoms with Crippen LogP contribution in [0.15, 0.2) is 73.1 Å². The highest BCUT2D eigenvalue weighted by atomic mass is 32.1. The molecule has 0 aliphatic carbocycles. The van der Waals surface area contributed by atoms with E-state index >= 15 is 0 Å². The molecule has 0 aliphatic rings. The van der Waals surface area contributed by atoms with E-state index in [1.54, 1.807) is 41.3 Å². The summed E-state index contributed by atoms with van der Waals surface area (Å²) in [6.45, 7) is -0.0208. The lowest BCUT2D eigenvalue weighted by Crippen LogP contribution is -2.36. The number of nitrogens with zero attached hydrogens (tertiary/aromatic N) is 3. The molecule has 38 heavy (non-hydrogen) atoms. The Kier molecular flexibility index (Phi) is 7.00. The molecule has 3 aromatic carbocycles. The first-order chi connectivity index (χ1) is 18.4. The lowest BCUT2D eigenvalue weighted by molar-refractivity contribution is -0.120. The van der Waals surface area contributed by atoms with Gasteiger partial charge in [-0.3, -0.25) is 14.5 Å². The van der Waals surface area contributed by atoms with E-state index in [1.165, 1.54) is 26.4 Å². The topological polar surface area (TPSA) is 99.5 Å². The maximum Gasteiger partial charge on any atom is 0.247 e. The van der Waals surface area contributed by atoms with Crippen LogP contribution in [0, 0.1) is 5.82 Å². The number of halogens is 1. The first-order valence-electron chi connectivity index (χ1n) is 11.4. The number of fused-ring (bicyclic) bond motifs is 2. The molecule has 5 aromatic rings. The maximum absolute atomic E-state index is 14.9. The molecule has 2 heterocycles. The molecule has 0 bridgehead atoms. The average Bonchev–Trinajstić information content (AvgIpc) is 3.32. The smallest absolute Gasteiger partial charge is 0.247 e. The summed E-state index contributed by atoms with van der Waals surface area (Å²) < 4.78 is 33.1. The molecule has 0 saturated carbocycles. The molecule has 2 aromatic heterocycles. The van der Waals surface area contributed by atoms with Crippen molar-refractivity contribution in [2.24, 2.45) is 0 Å². The van der Waals surface area contributed by atoms with Gasteiger partial charge in [-0.2, -0.15) is 5.10 Å². The Hall–Kier alpha value is -4.77. The first-order valence-corrected chi connectivity index (χ1v) is 11.9. The van der Waals surface area contributed by atoms with Gasteiger partial charge < -0.3 is 24.8 Å². The largest absolute Gasteiger partial charge is 0.493 e. The zero-order chi connectivity index (χ0) is 26.6. The van der Waals surface area contributed by atoms with Gasteiger partial charge in [0.15, 0.2) is 28.2 Å². The Morgan fingerprint density at radius 2 is 1.79 bits per heavy atom. The number of para-hydroxylation sites is 1. The number of nitrogens with one attached hydrogen (secondary N) is 2. The Morgan fingerprint density at radius 1 is 1.00 bits per heavy atom. The van der Waals surface area contributed by atoms with Crippen molar-refractivity contribution in [3.05, 3.63) is 78.9 Å². The van der Waals surface area contributed by atoms with Crippen molar-refractivity contribution in [3.8, 4) is 23.0 Å². The minimum atomic E-state index is -0.627. The molecule has 0 saturated heterocycles. The Bertz CT molecular complexity index is 1670. The molecule has 5 rings (SSSR count). The van der Waals surface area contributed by atoms with Crippen LogP contribution in [0.2, 0.25) is 0 Å². The number of carbonyl (C=O) groups excluding carboxylic acids is 1. The number of amides is 1. The first kappa shape index (κ1) is 24.9. The molecular weight excluding hydrogens is 509 g/mol. The second-order valence-electron chi connectivity index (χ2n) is 8.14. The van der Waals surface area contributed by atoms with E-state index in [1.807, 2.05) is 24.3 Å². The predicted molar refractivity (Wildman–Crippen MR) is 145 cm³/mol. The monoisotopic (exact) mass is 531 g/mol. The second-order valence-corrected chi connectivity index (χ2v) is 8.55. The van der Waals surface area contributed by atoms with E-state index in [0.717, 1.165) is 10.9 Å². The van der Waals surface area contributed by atoms with Crippen LogP contribution >= 0.6 is 12.2 Å². The molecule has 0 spiro atoms. The van der Waals surface area contributed by atoms with Gasteiger partial charge in [-0.05, 0) is 42.5 Å². The van der Waals surface area contributed by atoms with Crippen LogP contribution < -0.4 is 24.8 Å². The van der Waals surface area contributed by atoms with Gasteiger partial charge in [-0.25, -0.2) is 4.39 Å². The standard InChI is InChI=1S/C27H22FN5O4S/c1-35-24-12-18-20(13-25(24)36-2)29-10-9-22(18)37-23-8-7-17(11-19(23)28)31-27(38)32-26(34)15-33-21-6-4-3-5-16(21)14-30-33/h3-14H,15H2,1-2H3,(H2,31,32,34,38). The van der Waals surface area contributed by atoms with Crippen LogP contribution in [0.4, 0.5) is 10.1 Å². The number of anilines is 1. The van der Waals surface area contributed by atoms with Crippen LogP contribution in [0.25, 0.3) is 21.8 Å². The zero-order valence-corrected chi connectivity index (χ0v) is 21.2. The highest BCUT2D eigenvalue weighted by molar-refractivity contribution is 7.80. The third kappa shape index (κ3) is 5.18. The van der Waals surface area contributed by atoms with Gasteiger partial charge >= 0.3 is 0 Å². The van der Waals surface area contributed by atoms with Crippen molar-refractivity contribution < 1.29 is 23.4 Å². The normalized spacial score (nSPS) is 10.8.